The normalized spacial score (nSPS) is 15.1. The zero-order valence-electron chi connectivity index (χ0n) is 11.8. The van der Waals surface area contributed by atoms with Gasteiger partial charge in [-0.05, 0) is 33.0 Å². The van der Waals surface area contributed by atoms with Gasteiger partial charge in [-0.3, -0.25) is 0 Å². The first kappa shape index (κ1) is 17.0. The SMILES string of the molecule is C=C/C(=C\C/C(C#N)=C(/C)CC)[C@@H](Cl)CN(C)C. The minimum absolute atomic E-state index is 0.0839. The smallest absolute Gasteiger partial charge is 0.0949 e. The number of nitrogens with zero attached hydrogens (tertiary/aromatic N) is 2. The molecule has 0 amide bonds. The quantitative estimate of drug-likeness (QED) is 0.397. The van der Waals surface area contributed by atoms with Crippen molar-refractivity contribution in [3.63, 3.8) is 0 Å². The third kappa shape index (κ3) is 6.05. The van der Waals surface area contributed by atoms with Gasteiger partial charge in [0.1, 0.15) is 0 Å². The summed E-state index contributed by atoms with van der Waals surface area (Å²) in [7, 11) is 3.97. The molecule has 100 valence electrons. The Morgan fingerprint density at radius 1 is 1.50 bits per heavy atom. The molecule has 0 saturated carbocycles. The van der Waals surface area contributed by atoms with E-state index >= 15 is 0 Å². The van der Waals surface area contributed by atoms with Crippen LogP contribution in [-0.4, -0.2) is 30.9 Å². The van der Waals surface area contributed by atoms with Crippen molar-refractivity contribution < 1.29 is 0 Å². The molecular weight excluding hydrogens is 244 g/mol. The van der Waals surface area contributed by atoms with Crippen molar-refractivity contribution in [2.75, 3.05) is 20.6 Å². The number of allylic oxidation sites excluding steroid dienone is 4. The molecule has 0 radical (unpaired) electrons. The number of halogens is 1. The number of nitriles is 1. The predicted molar refractivity (Wildman–Crippen MR) is 79.7 cm³/mol. The van der Waals surface area contributed by atoms with Crippen LogP contribution in [-0.2, 0) is 0 Å². The number of rotatable bonds is 7. The van der Waals surface area contributed by atoms with Gasteiger partial charge in [-0.15, -0.1) is 11.6 Å². The molecule has 0 aliphatic heterocycles. The third-order valence-corrected chi connectivity index (χ3v) is 3.24. The summed E-state index contributed by atoms with van der Waals surface area (Å²) < 4.78 is 0. The van der Waals surface area contributed by atoms with Gasteiger partial charge in [0.25, 0.3) is 0 Å². The lowest BCUT2D eigenvalue weighted by molar-refractivity contribution is 0.417. The second kappa shape index (κ2) is 8.97. The Morgan fingerprint density at radius 3 is 2.50 bits per heavy atom. The molecule has 0 aromatic rings. The highest BCUT2D eigenvalue weighted by molar-refractivity contribution is 6.22. The lowest BCUT2D eigenvalue weighted by Gasteiger charge is -2.16. The topological polar surface area (TPSA) is 27.0 Å². The van der Waals surface area contributed by atoms with Gasteiger partial charge in [0.15, 0.2) is 0 Å². The van der Waals surface area contributed by atoms with E-state index in [0.717, 1.165) is 29.7 Å². The van der Waals surface area contributed by atoms with Crippen molar-refractivity contribution in [3.05, 3.63) is 35.5 Å². The van der Waals surface area contributed by atoms with Crippen LogP contribution in [0, 0.1) is 11.3 Å². The second-order valence-electron chi connectivity index (χ2n) is 4.57. The minimum atomic E-state index is -0.0839. The second-order valence-corrected chi connectivity index (χ2v) is 5.09. The first-order valence-electron chi connectivity index (χ1n) is 6.16. The van der Waals surface area contributed by atoms with Gasteiger partial charge in [0, 0.05) is 18.5 Å². The Kier molecular flexibility index (Phi) is 8.45. The summed E-state index contributed by atoms with van der Waals surface area (Å²) in [5, 5.41) is 9.01. The maximum atomic E-state index is 9.09. The summed E-state index contributed by atoms with van der Waals surface area (Å²) in [4.78, 5) is 2.04. The van der Waals surface area contributed by atoms with Crippen molar-refractivity contribution in [3.8, 4) is 6.07 Å². The van der Waals surface area contributed by atoms with Gasteiger partial charge in [-0.2, -0.15) is 5.26 Å². The van der Waals surface area contributed by atoms with Crippen LogP contribution in [0.1, 0.15) is 26.7 Å². The van der Waals surface area contributed by atoms with Gasteiger partial charge < -0.3 is 4.90 Å². The van der Waals surface area contributed by atoms with E-state index in [-0.39, 0.29) is 5.38 Å². The van der Waals surface area contributed by atoms with Crippen LogP contribution in [0.25, 0.3) is 0 Å². The molecule has 2 nitrogen and oxygen atoms in total. The van der Waals surface area contributed by atoms with Crippen molar-refractivity contribution >= 4 is 11.6 Å². The molecule has 3 heteroatoms. The van der Waals surface area contributed by atoms with Crippen LogP contribution < -0.4 is 0 Å². The van der Waals surface area contributed by atoms with E-state index in [9.17, 15) is 0 Å². The van der Waals surface area contributed by atoms with Crippen LogP contribution >= 0.6 is 11.6 Å². The van der Waals surface area contributed by atoms with Crippen LogP contribution in [0.15, 0.2) is 35.5 Å². The van der Waals surface area contributed by atoms with E-state index in [0.29, 0.717) is 6.42 Å². The number of hydrogen-bond acceptors (Lipinski definition) is 2. The molecular formula is C15H23ClN2. The fraction of sp³-hybridized carbons (Fsp3) is 0.533. The summed E-state index contributed by atoms with van der Waals surface area (Å²) in [6, 6.07) is 2.26. The summed E-state index contributed by atoms with van der Waals surface area (Å²) in [6.45, 7) is 8.60. The van der Waals surface area contributed by atoms with E-state index < -0.39 is 0 Å². The van der Waals surface area contributed by atoms with Gasteiger partial charge in [0.05, 0.1) is 11.4 Å². The van der Waals surface area contributed by atoms with Crippen LogP contribution in [0.5, 0.6) is 0 Å². The van der Waals surface area contributed by atoms with Gasteiger partial charge >= 0.3 is 0 Å². The Bertz CT molecular complexity index is 372. The molecule has 0 aliphatic carbocycles. The van der Waals surface area contributed by atoms with Crippen molar-refractivity contribution in [2.45, 2.75) is 32.1 Å². The molecule has 0 spiro atoms. The maximum absolute atomic E-state index is 9.09. The molecule has 0 aromatic heterocycles. The molecule has 18 heavy (non-hydrogen) atoms. The Hall–Kier alpha value is -1.04. The number of alkyl halides is 1. The first-order valence-corrected chi connectivity index (χ1v) is 6.59. The zero-order valence-corrected chi connectivity index (χ0v) is 12.6. The molecule has 0 unspecified atom stereocenters. The Morgan fingerprint density at radius 2 is 2.11 bits per heavy atom. The first-order chi connectivity index (χ1) is 8.46. The monoisotopic (exact) mass is 266 g/mol. The fourth-order valence-electron chi connectivity index (χ4n) is 1.51. The largest absolute Gasteiger partial charge is 0.308 e. The predicted octanol–water partition coefficient (Wildman–Crippen LogP) is 3.91. The average molecular weight is 267 g/mol. The van der Waals surface area contributed by atoms with Gasteiger partial charge in [-0.25, -0.2) is 0 Å². The van der Waals surface area contributed by atoms with E-state index in [2.05, 4.69) is 19.6 Å². The van der Waals surface area contributed by atoms with E-state index in [1.54, 1.807) is 6.08 Å². The van der Waals surface area contributed by atoms with Crippen molar-refractivity contribution in [1.82, 2.24) is 4.90 Å². The zero-order chi connectivity index (χ0) is 14.1. The summed E-state index contributed by atoms with van der Waals surface area (Å²) in [5.41, 5.74) is 2.95. The van der Waals surface area contributed by atoms with Crippen molar-refractivity contribution in [1.29, 1.82) is 5.26 Å². The lowest BCUT2D eigenvalue weighted by atomic mass is 10.0. The summed E-state index contributed by atoms with van der Waals surface area (Å²) in [5.74, 6) is 0. The highest BCUT2D eigenvalue weighted by Gasteiger charge is 2.09. The highest BCUT2D eigenvalue weighted by atomic mass is 35.5. The summed E-state index contributed by atoms with van der Waals surface area (Å²) in [6.07, 6.45) is 5.32. The Balaban J connectivity index is 4.83. The number of hydrogen-bond donors (Lipinski definition) is 0. The molecule has 0 bridgehead atoms. The van der Waals surface area contributed by atoms with Crippen LogP contribution in [0.2, 0.25) is 0 Å². The standard InChI is InChI=1S/C15H23ClN2/c1-6-12(3)14(10-17)9-8-13(7-2)15(16)11-18(4)5/h7-8,15H,2,6,9,11H2,1,3-5H3/b13-8+,14-12+/t15-/m0/s1. The highest BCUT2D eigenvalue weighted by Crippen LogP contribution is 2.17. The van der Waals surface area contributed by atoms with E-state index in [1.807, 2.05) is 32.0 Å². The maximum Gasteiger partial charge on any atom is 0.0949 e. The van der Waals surface area contributed by atoms with Crippen LogP contribution in [0.4, 0.5) is 0 Å². The molecule has 0 N–H and O–H groups in total. The molecule has 0 fully saturated rings. The lowest BCUT2D eigenvalue weighted by Crippen LogP contribution is -2.23. The molecule has 0 aromatic carbocycles. The fourth-order valence-corrected chi connectivity index (χ4v) is 1.97. The Labute approximate surface area is 116 Å². The molecule has 0 aliphatic rings. The van der Waals surface area contributed by atoms with Gasteiger partial charge in [-0.1, -0.05) is 31.2 Å². The molecule has 0 rings (SSSR count). The summed E-state index contributed by atoms with van der Waals surface area (Å²) >= 11 is 6.30. The minimum Gasteiger partial charge on any atom is -0.308 e. The molecule has 1 atom stereocenters. The molecule has 0 saturated heterocycles. The molecule has 0 heterocycles. The van der Waals surface area contributed by atoms with Gasteiger partial charge in [0.2, 0.25) is 0 Å². The van der Waals surface area contributed by atoms with Crippen LogP contribution in [0.3, 0.4) is 0 Å². The van der Waals surface area contributed by atoms with E-state index in [4.69, 9.17) is 16.9 Å². The van der Waals surface area contributed by atoms with E-state index in [1.165, 1.54) is 0 Å². The van der Waals surface area contributed by atoms with Crippen molar-refractivity contribution in [2.24, 2.45) is 0 Å². The third-order valence-electron chi connectivity index (χ3n) is 2.85. The average Bonchev–Trinajstić information content (AvgIpc) is 2.33.